The number of para-hydroxylation sites is 1. The molecule has 0 spiro atoms. The van der Waals surface area contributed by atoms with Crippen LogP contribution in [0.5, 0.6) is 0 Å². The second-order valence-corrected chi connectivity index (χ2v) is 6.81. The predicted molar refractivity (Wildman–Crippen MR) is 97.6 cm³/mol. The fourth-order valence-electron chi connectivity index (χ4n) is 3.86. The summed E-state index contributed by atoms with van der Waals surface area (Å²) in [6.07, 6.45) is 4.82. The zero-order valence-electron chi connectivity index (χ0n) is 14.1. The summed E-state index contributed by atoms with van der Waals surface area (Å²) < 4.78 is 0. The van der Waals surface area contributed by atoms with Crippen molar-refractivity contribution >= 4 is 11.6 Å². The van der Waals surface area contributed by atoms with Crippen molar-refractivity contribution in [1.29, 1.82) is 0 Å². The van der Waals surface area contributed by atoms with E-state index in [0.29, 0.717) is 0 Å². The van der Waals surface area contributed by atoms with Crippen LogP contribution in [0.1, 0.15) is 34.3 Å². The van der Waals surface area contributed by atoms with E-state index >= 15 is 0 Å². The lowest BCUT2D eigenvalue weighted by Gasteiger charge is -2.36. The SMILES string of the molecule is O=C(c1ccc2c(c1)CCCC2)N1CCN(c2ccccc2)CC1. The minimum absolute atomic E-state index is 0.191. The highest BCUT2D eigenvalue weighted by Crippen LogP contribution is 2.23. The molecule has 0 aromatic heterocycles. The van der Waals surface area contributed by atoms with Crippen molar-refractivity contribution in [2.75, 3.05) is 31.1 Å². The Bertz CT molecular complexity index is 718. The lowest BCUT2D eigenvalue weighted by Crippen LogP contribution is -2.48. The van der Waals surface area contributed by atoms with Gasteiger partial charge in [-0.2, -0.15) is 0 Å². The second-order valence-electron chi connectivity index (χ2n) is 6.81. The van der Waals surface area contributed by atoms with Gasteiger partial charge < -0.3 is 9.80 Å². The molecule has 0 radical (unpaired) electrons. The highest BCUT2D eigenvalue weighted by molar-refractivity contribution is 5.94. The van der Waals surface area contributed by atoms with Gasteiger partial charge >= 0.3 is 0 Å². The largest absolute Gasteiger partial charge is 0.368 e. The molecule has 0 unspecified atom stereocenters. The van der Waals surface area contributed by atoms with E-state index in [-0.39, 0.29) is 5.91 Å². The molecule has 124 valence electrons. The van der Waals surface area contributed by atoms with Crippen molar-refractivity contribution in [3.63, 3.8) is 0 Å². The van der Waals surface area contributed by atoms with Crippen molar-refractivity contribution in [2.24, 2.45) is 0 Å². The van der Waals surface area contributed by atoms with E-state index < -0.39 is 0 Å². The van der Waals surface area contributed by atoms with Crippen LogP contribution in [0.2, 0.25) is 0 Å². The molecule has 1 amide bonds. The molecule has 2 aliphatic rings. The average molecular weight is 320 g/mol. The van der Waals surface area contributed by atoms with E-state index in [0.717, 1.165) is 38.2 Å². The number of fused-ring (bicyclic) bond motifs is 1. The van der Waals surface area contributed by atoms with E-state index in [2.05, 4.69) is 41.3 Å². The van der Waals surface area contributed by atoms with Gasteiger partial charge in [0.25, 0.3) is 5.91 Å². The Morgan fingerprint density at radius 1 is 0.792 bits per heavy atom. The van der Waals surface area contributed by atoms with Gasteiger partial charge in [-0.3, -0.25) is 4.79 Å². The van der Waals surface area contributed by atoms with Crippen molar-refractivity contribution in [2.45, 2.75) is 25.7 Å². The summed E-state index contributed by atoms with van der Waals surface area (Å²) in [5.41, 5.74) is 4.93. The predicted octanol–water partition coefficient (Wildman–Crippen LogP) is 3.53. The number of hydrogen-bond acceptors (Lipinski definition) is 2. The smallest absolute Gasteiger partial charge is 0.253 e. The molecule has 24 heavy (non-hydrogen) atoms. The van der Waals surface area contributed by atoms with E-state index in [9.17, 15) is 4.79 Å². The van der Waals surface area contributed by atoms with Gasteiger partial charge in [0.15, 0.2) is 0 Å². The molecule has 4 rings (SSSR count). The van der Waals surface area contributed by atoms with Crippen LogP contribution in [0.3, 0.4) is 0 Å². The molecule has 0 N–H and O–H groups in total. The Morgan fingerprint density at radius 3 is 2.25 bits per heavy atom. The Hall–Kier alpha value is -2.29. The number of carbonyl (C=O) groups excluding carboxylic acids is 1. The average Bonchev–Trinajstić information content (AvgIpc) is 2.68. The number of hydrogen-bond donors (Lipinski definition) is 0. The highest BCUT2D eigenvalue weighted by atomic mass is 16.2. The van der Waals surface area contributed by atoms with Gasteiger partial charge in [-0.15, -0.1) is 0 Å². The number of carbonyl (C=O) groups is 1. The van der Waals surface area contributed by atoms with Crippen molar-refractivity contribution in [1.82, 2.24) is 4.90 Å². The maximum atomic E-state index is 12.8. The summed E-state index contributed by atoms with van der Waals surface area (Å²) in [6, 6.07) is 16.8. The molecule has 0 bridgehead atoms. The molecule has 0 atom stereocenters. The number of nitrogens with zero attached hydrogens (tertiary/aromatic N) is 2. The fraction of sp³-hybridized carbons (Fsp3) is 0.381. The Labute approximate surface area is 143 Å². The number of benzene rings is 2. The second kappa shape index (κ2) is 6.68. The summed E-state index contributed by atoms with van der Waals surface area (Å²) in [5, 5.41) is 0. The molecule has 1 heterocycles. The molecular formula is C21H24N2O. The lowest BCUT2D eigenvalue weighted by atomic mass is 9.90. The molecule has 1 fully saturated rings. The van der Waals surface area contributed by atoms with Crippen LogP contribution in [0.25, 0.3) is 0 Å². The normalized spacial score (nSPS) is 17.5. The van der Waals surface area contributed by atoms with Crippen LogP contribution in [-0.4, -0.2) is 37.0 Å². The third-order valence-corrected chi connectivity index (χ3v) is 5.28. The monoisotopic (exact) mass is 320 g/mol. The lowest BCUT2D eigenvalue weighted by molar-refractivity contribution is 0.0746. The van der Waals surface area contributed by atoms with E-state index in [1.165, 1.54) is 36.1 Å². The first-order chi connectivity index (χ1) is 11.8. The van der Waals surface area contributed by atoms with Gasteiger partial charge in [0.05, 0.1) is 0 Å². The van der Waals surface area contributed by atoms with Crippen LogP contribution < -0.4 is 4.90 Å². The Kier molecular flexibility index (Phi) is 4.24. The van der Waals surface area contributed by atoms with Crippen molar-refractivity contribution in [3.8, 4) is 0 Å². The van der Waals surface area contributed by atoms with Crippen LogP contribution >= 0.6 is 0 Å². The number of piperazine rings is 1. The number of anilines is 1. The van der Waals surface area contributed by atoms with E-state index in [4.69, 9.17) is 0 Å². The number of aryl methyl sites for hydroxylation is 2. The summed E-state index contributed by atoms with van der Waals surface area (Å²) in [6.45, 7) is 3.40. The highest BCUT2D eigenvalue weighted by Gasteiger charge is 2.23. The topological polar surface area (TPSA) is 23.6 Å². The zero-order valence-corrected chi connectivity index (χ0v) is 14.1. The number of amides is 1. The molecule has 2 aromatic rings. The Balaban J connectivity index is 1.43. The molecule has 1 aliphatic heterocycles. The first-order valence-corrected chi connectivity index (χ1v) is 9.02. The van der Waals surface area contributed by atoms with Gasteiger partial charge in [-0.25, -0.2) is 0 Å². The van der Waals surface area contributed by atoms with Crippen molar-refractivity contribution < 1.29 is 4.79 Å². The third kappa shape index (κ3) is 3.03. The minimum atomic E-state index is 0.191. The molecule has 3 nitrogen and oxygen atoms in total. The van der Waals surface area contributed by atoms with Gasteiger partial charge in [-0.1, -0.05) is 24.3 Å². The molecule has 0 saturated carbocycles. The first kappa shape index (κ1) is 15.3. The molecule has 2 aromatic carbocycles. The maximum Gasteiger partial charge on any atom is 0.253 e. The van der Waals surface area contributed by atoms with Gasteiger partial charge in [-0.05, 0) is 61.1 Å². The molecule has 1 saturated heterocycles. The molecule has 3 heteroatoms. The quantitative estimate of drug-likeness (QED) is 0.845. The summed E-state index contributed by atoms with van der Waals surface area (Å²) in [7, 11) is 0. The number of rotatable bonds is 2. The Morgan fingerprint density at radius 2 is 1.50 bits per heavy atom. The van der Waals surface area contributed by atoms with Crippen LogP contribution in [0, 0.1) is 0 Å². The fourth-order valence-corrected chi connectivity index (χ4v) is 3.86. The standard InChI is InChI=1S/C21H24N2O/c24-21(19-11-10-17-6-4-5-7-18(17)16-19)23-14-12-22(13-15-23)20-8-2-1-3-9-20/h1-3,8-11,16H,4-7,12-15H2. The van der Waals surface area contributed by atoms with E-state index in [1.807, 2.05) is 17.0 Å². The zero-order chi connectivity index (χ0) is 16.4. The third-order valence-electron chi connectivity index (χ3n) is 5.28. The summed E-state index contributed by atoms with van der Waals surface area (Å²) in [5.74, 6) is 0.191. The van der Waals surface area contributed by atoms with E-state index in [1.54, 1.807) is 0 Å². The summed E-state index contributed by atoms with van der Waals surface area (Å²) >= 11 is 0. The van der Waals surface area contributed by atoms with Crippen LogP contribution in [0.15, 0.2) is 48.5 Å². The van der Waals surface area contributed by atoms with Crippen LogP contribution in [0.4, 0.5) is 5.69 Å². The molecular weight excluding hydrogens is 296 g/mol. The van der Waals surface area contributed by atoms with Crippen LogP contribution in [-0.2, 0) is 12.8 Å². The minimum Gasteiger partial charge on any atom is -0.368 e. The van der Waals surface area contributed by atoms with Gasteiger partial charge in [0.2, 0.25) is 0 Å². The summed E-state index contributed by atoms with van der Waals surface area (Å²) in [4.78, 5) is 17.2. The molecule has 1 aliphatic carbocycles. The maximum absolute atomic E-state index is 12.8. The van der Waals surface area contributed by atoms with Crippen molar-refractivity contribution in [3.05, 3.63) is 65.2 Å². The first-order valence-electron chi connectivity index (χ1n) is 9.02. The van der Waals surface area contributed by atoms with Gasteiger partial charge in [0.1, 0.15) is 0 Å². The van der Waals surface area contributed by atoms with Gasteiger partial charge in [0, 0.05) is 37.4 Å².